The second-order valence-corrected chi connectivity index (χ2v) is 8.74. The Morgan fingerprint density at radius 3 is 2.50 bits per heavy atom. The fraction of sp³-hybridized carbons (Fsp3) is 0.222. The highest BCUT2D eigenvalue weighted by molar-refractivity contribution is 7.90. The molecule has 0 radical (unpaired) electrons. The first-order valence-corrected chi connectivity index (χ1v) is 10.6. The second-order valence-electron chi connectivity index (χ2n) is 5.72. The Balaban J connectivity index is 1.98. The number of hydrogen-bond donors (Lipinski definition) is 0. The molecule has 1 heterocycles. The van der Waals surface area contributed by atoms with Gasteiger partial charge >= 0.3 is 0 Å². The molecular formula is C18H18N2O4S2. The Bertz CT molecular complexity index is 1140. The van der Waals surface area contributed by atoms with Gasteiger partial charge in [0.15, 0.2) is 14.6 Å². The van der Waals surface area contributed by atoms with E-state index in [1.807, 2.05) is 36.7 Å². The average Bonchev–Trinajstić information content (AvgIpc) is 2.90. The second kappa shape index (κ2) is 7.05. The third kappa shape index (κ3) is 3.71. The van der Waals surface area contributed by atoms with Gasteiger partial charge in [0.2, 0.25) is 0 Å². The molecular weight excluding hydrogens is 372 g/mol. The zero-order valence-corrected chi connectivity index (χ0v) is 16.2. The summed E-state index contributed by atoms with van der Waals surface area (Å²) in [5, 5.41) is 0. The van der Waals surface area contributed by atoms with Crippen molar-refractivity contribution in [2.45, 2.75) is 11.8 Å². The lowest BCUT2D eigenvalue weighted by atomic mass is 10.2. The Labute approximate surface area is 155 Å². The van der Waals surface area contributed by atoms with Gasteiger partial charge in [0, 0.05) is 18.9 Å². The summed E-state index contributed by atoms with van der Waals surface area (Å²) in [5.41, 5.74) is 1.29. The predicted molar refractivity (Wildman–Crippen MR) is 101 cm³/mol. The van der Waals surface area contributed by atoms with E-state index in [9.17, 15) is 13.2 Å². The molecule has 26 heavy (non-hydrogen) atoms. The van der Waals surface area contributed by atoms with Crippen molar-refractivity contribution in [3.8, 4) is 5.75 Å². The van der Waals surface area contributed by atoms with Gasteiger partial charge in [-0.1, -0.05) is 11.3 Å². The van der Waals surface area contributed by atoms with E-state index in [0.717, 1.165) is 22.2 Å². The van der Waals surface area contributed by atoms with Crippen LogP contribution in [0.4, 0.5) is 0 Å². The molecule has 0 saturated heterocycles. The van der Waals surface area contributed by atoms with E-state index in [4.69, 9.17) is 4.74 Å². The molecule has 3 rings (SSSR count). The van der Waals surface area contributed by atoms with Crippen LogP contribution < -0.4 is 9.54 Å². The first-order valence-electron chi connectivity index (χ1n) is 7.91. The number of hydrogen-bond acceptors (Lipinski definition) is 5. The minimum absolute atomic E-state index is 0.171. The van der Waals surface area contributed by atoms with Crippen molar-refractivity contribution < 1.29 is 17.9 Å². The monoisotopic (exact) mass is 390 g/mol. The van der Waals surface area contributed by atoms with Gasteiger partial charge < -0.3 is 9.30 Å². The Hall–Kier alpha value is -2.45. The van der Waals surface area contributed by atoms with Crippen molar-refractivity contribution in [2.24, 2.45) is 12.0 Å². The van der Waals surface area contributed by atoms with Crippen molar-refractivity contribution in [1.82, 2.24) is 4.57 Å². The smallest absolute Gasteiger partial charge is 0.279 e. The summed E-state index contributed by atoms with van der Waals surface area (Å²) in [6.45, 7) is 2.51. The number of ether oxygens (including phenoxy) is 1. The lowest BCUT2D eigenvalue weighted by Crippen LogP contribution is -2.13. The van der Waals surface area contributed by atoms with Gasteiger partial charge in [0.1, 0.15) is 5.75 Å². The quantitative estimate of drug-likeness (QED) is 0.686. The van der Waals surface area contributed by atoms with Crippen LogP contribution in [0.25, 0.3) is 10.2 Å². The zero-order chi connectivity index (χ0) is 18.9. The van der Waals surface area contributed by atoms with Crippen molar-refractivity contribution >= 4 is 37.3 Å². The highest BCUT2D eigenvalue weighted by atomic mass is 32.2. The zero-order valence-electron chi connectivity index (χ0n) is 14.6. The lowest BCUT2D eigenvalue weighted by Gasteiger charge is -2.02. The van der Waals surface area contributed by atoms with E-state index in [0.29, 0.717) is 17.0 Å². The largest absolute Gasteiger partial charge is 0.494 e. The van der Waals surface area contributed by atoms with Gasteiger partial charge in [-0.25, -0.2) is 8.42 Å². The highest BCUT2D eigenvalue weighted by Gasteiger charge is 2.11. The summed E-state index contributed by atoms with van der Waals surface area (Å²) in [4.78, 5) is 17.3. The molecule has 1 aromatic heterocycles. The van der Waals surface area contributed by atoms with E-state index in [1.165, 1.54) is 35.6 Å². The summed E-state index contributed by atoms with van der Waals surface area (Å²) < 4.78 is 31.3. The molecule has 8 heteroatoms. The third-order valence-corrected chi connectivity index (χ3v) is 6.04. The topological polar surface area (TPSA) is 77.7 Å². The van der Waals surface area contributed by atoms with Crippen LogP contribution in [-0.2, 0) is 16.9 Å². The molecule has 2 aromatic carbocycles. The van der Waals surface area contributed by atoms with Crippen molar-refractivity contribution in [3.05, 3.63) is 52.8 Å². The molecule has 0 atom stereocenters. The molecule has 0 N–H and O–H groups in total. The molecule has 0 aliphatic carbocycles. The van der Waals surface area contributed by atoms with E-state index in [2.05, 4.69) is 4.99 Å². The van der Waals surface area contributed by atoms with E-state index < -0.39 is 15.7 Å². The number of aromatic nitrogens is 1. The van der Waals surface area contributed by atoms with Gasteiger partial charge in [-0.3, -0.25) is 4.79 Å². The molecule has 3 aromatic rings. The van der Waals surface area contributed by atoms with Crippen LogP contribution >= 0.6 is 11.3 Å². The van der Waals surface area contributed by atoms with Crippen LogP contribution in [0.3, 0.4) is 0 Å². The molecule has 0 saturated carbocycles. The maximum atomic E-state index is 12.4. The van der Waals surface area contributed by atoms with Crippen molar-refractivity contribution in [2.75, 3.05) is 12.9 Å². The van der Waals surface area contributed by atoms with E-state index in [-0.39, 0.29) is 4.90 Å². The minimum Gasteiger partial charge on any atom is -0.494 e. The number of nitrogens with zero attached hydrogens (tertiary/aromatic N) is 2. The van der Waals surface area contributed by atoms with Gasteiger partial charge in [0.25, 0.3) is 5.91 Å². The summed E-state index contributed by atoms with van der Waals surface area (Å²) in [6.07, 6.45) is 1.13. The fourth-order valence-corrected chi connectivity index (χ4v) is 4.15. The summed E-state index contributed by atoms with van der Waals surface area (Å²) in [7, 11) is -1.45. The fourth-order valence-electron chi connectivity index (χ4n) is 2.47. The number of aryl methyl sites for hydroxylation is 1. The van der Waals surface area contributed by atoms with Crippen LogP contribution in [0, 0.1) is 0 Å². The average molecular weight is 390 g/mol. The van der Waals surface area contributed by atoms with Crippen LogP contribution in [0.5, 0.6) is 5.75 Å². The number of benzene rings is 2. The number of amides is 1. The van der Waals surface area contributed by atoms with Gasteiger partial charge in [0.05, 0.1) is 21.7 Å². The Morgan fingerprint density at radius 2 is 1.88 bits per heavy atom. The van der Waals surface area contributed by atoms with Crippen molar-refractivity contribution in [1.29, 1.82) is 0 Å². The molecule has 0 aliphatic heterocycles. The predicted octanol–water partition coefficient (Wildman–Crippen LogP) is 2.78. The van der Waals surface area contributed by atoms with E-state index in [1.54, 1.807) is 0 Å². The molecule has 0 bridgehead atoms. The number of rotatable bonds is 4. The van der Waals surface area contributed by atoms with Crippen LogP contribution in [0.1, 0.15) is 17.3 Å². The molecule has 0 spiro atoms. The lowest BCUT2D eigenvalue weighted by molar-refractivity contribution is 0.0998. The number of carbonyl (C=O) groups excluding carboxylic acids is 1. The Morgan fingerprint density at radius 1 is 1.19 bits per heavy atom. The first kappa shape index (κ1) is 18.3. The number of sulfone groups is 1. The van der Waals surface area contributed by atoms with Crippen LogP contribution in [-0.4, -0.2) is 31.8 Å². The molecule has 0 aliphatic rings. The van der Waals surface area contributed by atoms with E-state index >= 15 is 0 Å². The maximum Gasteiger partial charge on any atom is 0.279 e. The number of thiazole rings is 1. The molecule has 1 amide bonds. The van der Waals surface area contributed by atoms with Gasteiger partial charge in [-0.05, 0) is 49.4 Å². The normalized spacial score (nSPS) is 12.5. The SMILES string of the molecule is CCOc1ccc2c(c1)sc(=NC(=O)c1ccc(S(C)(=O)=O)cc1)n2C. The molecule has 6 nitrogen and oxygen atoms in total. The minimum atomic E-state index is -3.29. The van der Waals surface area contributed by atoms with Crippen LogP contribution in [0.15, 0.2) is 52.4 Å². The summed E-state index contributed by atoms with van der Waals surface area (Å²) in [5.74, 6) is 0.355. The maximum absolute atomic E-state index is 12.4. The molecule has 136 valence electrons. The van der Waals surface area contributed by atoms with Gasteiger partial charge in [-0.15, -0.1) is 0 Å². The molecule has 0 fully saturated rings. The van der Waals surface area contributed by atoms with Crippen LogP contribution in [0.2, 0.25) is 0 Å². The van der Waals surface area contributed by atoms with Gasteiger partial charge in [-0.2, -0.15) is 4.99 Å². The van der Waals surface area contributed by atoms with Crippen molar-refractivity contribution in [3.63, 3.8) is 0 Å². The number of fused-ring (bicyclic) bond motifs is 1. The summed E-state index contributed by atoms with van der Waals surface area (Å²) in [6, 6.07) is 11.5. The Kier molecular flexibility index (Phi) is 4.97. The summed E-state index contributed by atoms with van der Waals surface area (Å²) >= 11 is 1.39. The third-order valence-electron chi connectivity index (χ3n) is 3.82. The standard InChI is InChI=1S/C18H18N2O4S2/c1-4-24-13-7-10-15-16(11-13)25-18(20(15)2)19-17(21)12-5-8-14(9-6-12)26(3,22)23/h5-11H,4H2,1-3H3. The molecule has 0 unspecified atom stereocenters. The number of carbonyl (C=O) groups is 1. The highest BCUT2D eigenvalue weighted by Crippen LogP contribution is 2.23. The first-order chi connectivity index (χ1) is 12.3.